The van der Waals surface area contributed by atoms with Crippen molar-refractivity contribution in [1.82, 2.24) is 0 Å². The van der Waals surface area contributed by atoms with E-state index in [0.717, 1.165) is 12.8 Å². The summed E-state index contributed by atoms with van der Waals surface area (Å²) in [5.74, 6) is 0. The van der Waals surface area contributed by atoms with Crippen LogP contribution in [0.1, 0.15) is 33.2 Å². The standard InChI is InChI=1S/C11H13.2C5H5.ClH.Zr/c1-4-5-11-7-9(2)6-10(3)8-11;2*1-2-4-5-3-1;;/h4-8H,1H2,2-3H3;2*1-3H,4H2;1H;/q;;;;+1/p-1. The van der Waals surface area contributed by atoms with Crippen molar-refractivity contribution in [2.75, 3.05) is 0 Å². The number of aryl methyl sites for hydroxylation is 2. The number of hydrogen-bond donors (Lipinski definition) is 0. The maximum absolute atomic E-state index is 4.21. The van der Waals surface area contributed by atoms with E-state index in [1.165, 1.54) is 16.7 Å². The molecule has 1 aromatic carbocycles. The molecule has 2 aliphatic carbocycles. The van der Waals surface area contributed by atoms with Gasteiger partial charge >= 0.3 is 143 Å². The molecule has 1 aromatic rings. The SMILES string of the molecule is C=C[CH](c1cc(C)cc(C)c1)[Zr+]([C]1=CC=CC1)[C]1=CC=CC1.[Cl-]. The molecule has 1 atom stereocenters. The van der Waals surface area contributed by atoms with Gasteiger partial charge < -0.3 is 12.4 Å². The van der Waals surface area contributed by atoms with Gasteiger partial charge in [-0.1, -0.05) is 0 Å². The second-order valence-corrected chi connectivity index (χ2v) is 12.9. The largest absolute Gasteiger partial charge is 1.00 e. The van der Waals surface area contributed by atoms with Gasteiger partial charge in [0.05, 0.1) is 0 Å². The summed E-state index contributed by atoms with van der Waals surface area (Å²) in [6, 6.07) is 7.00. The Hall–Kier alpha value is -0.907. The van der Waals surface area contributed by atoms with Crippen molar-refractivity contribution < 1.29 is 34.2 Å². The summed E-state index contributed by atoms with van der Waals surface area (Å²) in [7, 11) is 0. The van der Waals surface area contributed by atoms with E-state index in [1.54, 1.807) is 6.56 Å². The number of benzene rings is 1. The first kappa shape index (κ1) is 18.4. The number of hydrogen-bond acceptors (Lipinski definition) is 0. The molecule has 0 aliphatic heterocycles. The molecule has 2 heteroatoms. The van der Waals surface area contributed by atoms with Gasteiger partial charge in [0.1, 0.15) is 0 Å². The summed E-state index contributed by atoms with van der Waals surface area (Å²) in [6.45, 7) is 8.62. The Kier molecular flexibility index (Phi) is 6.63. The molecule has 0 amide bonds. The van der Waals surface area contributed by atoms with Crippen molar-refractivity contribution in [3.05, 3.63) is 90.6 Å². The van der Waals surface area contributed by atoms with Crippen LogP contribution < -0.4 is 12.4 Å². The summed E-state index contributed by atoms with van der Waals surface area (Å²) in [6.07, 6.45) is 18.4. The van der Waals surface area contributed by atoms with E-state index in [1.807, 2.05) is 0 Å². The van der Waals surface area contributed by atoms with Crippen molar-refractivity contribution >= 4 is 0 Å². The topological polar surface area (TPSA) is 0 Å². The summed E-state index contributed by atoms with van der Waals surface area (Å²) < 4.78 is 3.96. The van der Waals surface area contributed by atoms with Crippen LogP contribution in [0.3, 0.4) is 0 Å². The molecule has 3 rings (SSSR count). The molecular weight excluding hydrogens is 379 g/mol. The van der Waals surface area contributed by atoms with Gasteiger partial charge in [-0.05, 0) is 0 Å². The third-order valence-corrected chi connectivity index (χ3v) is 12.5. The third-order valence-electron chi connectivity index (χ3n) is 4.38. The molecule has 1 unspecified atom stereocenters. The first-order chi connectivity index (χ1) is 10.7. The summed E-state index contributed by atoms with van der Waals surface area (Å²) in [4.78, 5) is 0. The van der Waals surface area contributed by atoms with Gasteiger partial charge in [-0.3, -0.25) is 0 Å². The van der Waals surface area contributed by atoms with E-state index in [4.69, 9.17) is 0 Å². The summed E-state index contributed by atoms with van der Waals surface area (Å²) >= 11 is -1.94. The zero-order chi connectivity index (χ0) is 15.5. The van der Waals surface area contributed by atoms with Crippen LogP contribution in [0, 0.1) is 13.8 Å². The quantitative estimate of drug-likeness (QED) is 0.665. The maximum atomic E-state index is 4.21. The van der Waals surface area contributed by atoms with E-state index in [-0.39, 0.29) is 12.4 Å². The predicted octanol–water partition coefficient (Wildman–Crippen LogP) is 2.84. The Morgan fingerprint density at radius 2 is 1.48 bits per heavy atom. The number of halogens is 1. The molecule has 0 saturated carbocycles. The van der Waals surface area contributed by atoms with Crippen LogP contribution in [0.2, 0.25) is 0 Å². The minimum absolute atomic E-state index is 0. The van der Waals surface area contributed by atoms with Gasteiger partial charge in [-0.25, -0.2) is 0 Å². The third kappa shape index (κ3) is 4.14. The minimum atomic E-state index is -1.94. The van der Waals surface area contributed by atoms with Gasteiger partial charge in [0, 0.05) is 0 Å². The summed E-state index contributed by atoms with van der Waals surface area (Å²) in [5.41, 5.74) is 4.20. The van der Waals surface area contributed by atoms with Crippen molar-refractivity contribution in [1.29, 1.82) is 0 Å². The zero-order valence-electron chi connectivity index (χ0n) is 13.9. The monoisotopic (exact) mass is 400 g/mol. The van der Waals surface area contributed by atoms with E-state index in [0.29, 0.717) is 3.63 Å². The average molecular weight is 402 g/mol. The summed E-state index contributed by atoms with van der Waals surface area (Å²) in [5, 5.41) is 0. The van der Waals surface area contributed by atoms with E-state index in [9.17, 15) is 0 Å². The van der Waals surface area contributed by atoms with Crippen LogP contribution in [0.4, 0.5) is 0 Å². The molecule has 0 aromatic heterocycles. The Balaban J connectivity index is 0.00000192. The van der Waals surface area contributed by atoms with Gasteiger partial charge in [0.2, 0.25) is 0 Å². The van der Waals surface area contributed by atoms with Gasteiger partial charge in [-0.2, -0.15) is 0 Å². The molecule has 2 aliphatic rings. The maximum Gasteiger partial charge on any atom is -1.00 e. The fourth-order valence-corrected chi connectivity index (χ4v) is 11.3. The van der Waals surface area contributed by atoms with Gasteiger partial charge in [0.15, 0.2) is 0 Å². The fraction of sp³-hybridized carbons (Fsp3) is 0.238. The van der Waals surface area contributed by atoms with Crippen LogP contribution in [0.15, 0.2) is 73.9 Å². The molecule has 0 spiro atoms. The Labute approximate surface area is 154 Å². The van der Waals surface area contributed by atoms with Crippen molar-refractivity contribution in [3.63, 3.8) is 0 Å². The Bertz CT molecular complexity index is 656. The molecule has 0 radical (unpaired) electrons. The molecular formula is C21H23ClZr. The normalized spacial score (nSPS) is 16.6. The fourth-order valence-electron chi connectivity index (χ4n) is 3.51. The molecule has 0 saturated heterocycles. The number of allylic oxidation sites excluding steroid dienone is 9. The molecule has 0 N–H and O–H groups in total. The molecule has 23 heavy (non-hydrogen) atoms. The molecule has 0 bridgehead atoms. The predicted molar refractivity (Wildman–Crippen MR) is 92.5 cm³/mol. The smallest absolute Gasteiger partial charge is 1.00 e. The molecule has 0 nitrogen and oxygen atoms in total. The van der Waals surface area contributed by atoms with E-state index in [2.05, 4.69) is 81.2 Å². The van der Waals surface area contributed by atoms with Crippen molar-refractivity contribution in [2.45, 2.75) is 30.3 Å². The van der Waals surface area contributed by atoms with Crippen molar-refractivity contribution in [2.24, 2.45) is 0 Å². The van der Waals surface area contributed by atoms with E-state index < -0.39 is 21.8 Å². The number of rotatable bonds is 5. The second kappa shape index (κ2) is 8.27. The molecule has 0 heterocycles. The first-order valence-electron chi connectivity index (χ1n) is 7.99. The molecule has 0 fully saturated rings. The zero-order valence-corrected chi connectivity index (χ0v) is 17.1. The average Bonchev–Trinajstić information content (AvgIpc) is 3.17. The van der Waals surface area contributed by atoms with Gasteiger partial charge in [-0.15, -0.1) is 0 Å². The first-order valence-corrected chi connectivity index (χ1v) is 11.9. The second-order valence-electron chi connectivity index (χ2n) is 6.20. The van der Waals surface area contributed by atoms with E-state index >= 15 is 0 Å². The van der Waals surface area contributed by atoms with Crippen molar-refractivity contribution in [3.8, 4) is 0 Å². The molecule has 118 valence electrons. The minimum Gasteiger partial charge on any atom is -1.00 e. The van der Waals surface area contributed by atoms with Gasteiger partial charge in [0.25, 0.3) is 0 Å². The van der Waals surface area contributed by atoms with Crippen LogP contribution in [-0.4, -0.2) is 0 Å². The van der Waals surface area contributed by atoms with Crippen LogP contribution >= 0.6 is 0 Å². The Morgan fingerprint density at radius 1 is 0.957 bits per heavy atom. The van der Waals surface area contributed by atoms with Crippen LogP contribution in [0.25, 0.3) is 0 Å². The van der Waals surface area contributed by atoms with Crippen LogP contribution in [-0.2, 0) is 21.8 Å². The Morgan fingerprint density at radius 3 is 1.87 bits per heavy atom. The van der Waals surface area contributed by atoms with Crippen LogP contribution in [0.5, 0.6) is 0 Å².